The van der Waals surface area contributed by atoms with Gasteiger partial charge < -0.3 is 9.73 Å². The van der Waals surface area contributed by atoms with Gasteiger partial charge >= 0.3 is 0 Å². The highest BCUT2D eigenvalue weighted by molar-refractivity contribution is 7.89. The zero-order chi connectivity index (χ0) is 17.3. The Labute approximate surface area is 149 Å². The van der Waals surface area contributed by atoms with Crippen LogP contribution >= 0.6 is 0 Å². The summed E-state index contributed by atoms with van der Waals surface area (Å²) >= 11 is 0. The van der Waals surface area contributed by atoms with Crippen molar-refractivity contribution in [3.63, 3.8) is 0 Å². The molecule has 0 bridgehead atoms. The van der Waals surface area contributed by atoms with Gasteiger partial charge in [-0.1, -0.05) is 12.1 Å². The quantitative estimate of drug-likeness (QED) is 0.889. The Bertz CT molecular complexity index is 821. The van der Waals surface area contributed by atoms with Gasteiger partial charge in [-0.25, -0.2) is 8.42 Å². The van der Waals surface area contributed by atoms with Crippen LogP contribution in [-0.4, -0.2) is 25.8 Å². The highest BCUT2D eigenvalue weighted by Crippen LogP contribution is 2.30. The van der Waals surface area contributed by atoms with Crippen molar-refractivity contribution in [1.82, 2.24) is 9.62 Å². The Hall–Kier alpha value is -1.63. The van der Waals surface area contributed by atoms with Crippen molar-refractivity contribution in [3.8, 4) is 0 Å². The molecule has 1 aliphatic heterocycles. The summed E-state index contributed by atoms with van der Waals surface area (Å²) in [6, 6.07) is 9.65. The van der Waals surface area contributed by atoms with Crippen molar-refractivity contribution >= 4 is 10.0 Å². The van der Waals surface area contributed by atoms with Crippen molar-refractivity contribution in [2.45, 2.75) is 49.6 Å². The van der Waals surface area contributed by atoms with Gasteiger partial charge in [0, 0.05) is 37.7 Å². The number of aryl methyl sites for hydroxylation is 1. The van der Waals surface area contributed by atoms with E-state index in [-0.39, 0.29) is 0 Å². The summed E-state index contributed by atoms with van der Waals surface area (Å²) in [5.74, 6) is 1.09. The molecule has 4 rings (SSSR count). The first-order valence-electron chi connectivity index (χ1n) is 9.03. The number of benzene rings is 1. The van der Waals surface area contributed by atoms with Crippen molar-refractivity contribution in [2.24, 2.45) is 0 Å². The second-order valence-electron chi connectivity index (χ2n) is 6.88. The van der Waals surface area contributed by atoms with E-state index in [0.29, 0.717) is 24.0 Å². The van der Waals surface area contributed by atoms with Crippen LogP contribution < -0.4 is 5.32 Å². The largest absolute Gasteiger partial charge is 0.469 e. The molecule has 0 saturated carbocycles. The van der Waals surface area contributed by atoms with Crippen LogP contribution in [0.5, 0.6) is 0 Å². The fourth-order valence-electron chi connectivity index (χ4n) is 3.80. The van der Waals surface area contributed by atoms with Crippen LogP contribution in [0.1, 0.15) is 48.6 Å². The SMILES string of the molecule is O=S(=O)(c1ccc(CNC2CCCc3occc32)cc1)N1CCCC1. The minimum Gasteiger partial charge on any atom is -0.469 e. The molecule has 1 aliphatic carbocycles. The van der Waals surface area contributed by atoms with Crippen LogP contribution in [0.4, 0.5) is 0 Å². The molecule has 1 aromatic carbocycles. The molecular formula is C19H24N2O3S. The maximum Gasteiger partial charge on any atom is 0.243 e. The summed E-state index contributed by atoms with van der Waals surface area (Å²) in [6.45, 7) is 2.00. The fourth-order valence-corrected chi connectivity index (χ4v) is 5.31. The van der Waals surface area contributed by atoms with Crippen molar-refractivity contribution in [1.29, 1.82) is 0 Å². The third-order valence-electron chi connectivity index (χ3n) is 5.23. The predicted octanol–water partition coefficient (Wildman–Crippen LogP) is 3.23. The third-order valence-corrected chi connectivity index (χ3v) is 7.14. The van der Waals surface area contributed by atoms with Gasteiger partial charge in [0.1, 0.15) is 5.76 Å². The molecule has 0 radical (unpaired) electrons. The molecule has 6 heteroatoms. The summed E-state index contributed by atoms with van der Waals surface area (Å²) in [6.07, 6.45) is 6.93. The molecule has 134 valence electrons. The van der Waals surface area contributed by atoms with E-state index in [1.165, 1.54) is 5.56 Å². The zero-order valence-corrected chi connectivity index (χ0v) is 15.1. The van der Waals surface area contributed by atoms with Gasteiger partial charge in [0.05, 0.1) is 11.2 Å². The first-order chi connectivity index (χ1) is 12.1. The topological polar surface area (TPSA) is 62.6 Å². The average molecular weight is 360 g/mol. The van der Waals surface area contributed by atoms with Gasteiger partial charge in [-0.2, -0.15) is 4.31 Å². The van der Waals surface area contributed by atoms with E-state index < -0.39 is 10.0 Å². The minimum absolute atomic E-state index is 0.315. The lowest BCUT2D eigenvalue weighted by atomic mass is 9.93. The first-order valence-corrected chi connectivity index (χ1v) is 10.5. The lowest BCUT2D eigenvalue weighted by molar-refractivity contribution is 0.411. The molecule has 2 heterocycles. The maximum atomic E-state index is 12.6. The van der Waals surface area contributed by atoms with Crippen LogP contribution in [0.3, 0.4) is 0 Å². The summed E-state index contributed by atoms with van der Waals surface area (Å²) in [7, 11) is -3.32. The highest BCUT2D eigenvalue weighted by atomic mass is 32.2. The lowest BCUT2D eigenvalue weighted by Crippen LogP contribution is -2.28. The molecule has 1 unspecified atom stereocenters. The van der Waals surface area contributed by atoms with Crippen LogP contribution in [0.15, 0.2) is 45.9 Å². The molecule has 25 heavy (non-hydrogen) atoms. The Morgan fingerprint density at radius 2 is 1.84 bits per heavy atom. The Morgan fingerprint density at radius 1 is 1.08 bits per heavy atom. The standard InChI is InChI=1S/C19H24N2O3S/c22-25(23,21-11-1-2-12-21)16-8-6-15(7-9-16)14-20-18-4-3-5-19-17(18)10-13-24-19/h6-10,13,18,20H,1-5,11-12,14H2. The highest BCUT2D eigenvalue weighted by Gasteiger charge is 2.27. The van der Waals surface area contributed by atoms with Gasteiger partial charge in [-0.05, 0) is 49.4 Å². The number of sulfonamides is 1. The summed E-state index contributed by atoms with van der Waals surface area (Å²) < 4.78 is 32.2. The van der Waals surface area contributed by atoms with Gasteiger partial charge in [0.2, 0.25) is 10.0 Å². The van der Waals surface area contributed by atoms with E-state index in [4.69, 9.17) is 4.42 Å². The lowest BCUT2D eigenvalue weighted by Gasteiger charge is -2.23. The van der Waals surface area contributed by atoms with Crippen molar-refractivity contribution < 1.29 is 12.8 Å². The molecular weight excluding hydrogens is 336 g/mol. The van der Waals surface area contributed by atoms with Crippen LogP contribution in [0.2, 0.25) is 0 Å². The minimum atomic E-state index is -3.32. The van der Waals surface area contributed by atoms with E-state index in [9.17, 15) is 8.42 Å². The van der Waals surface area contributed by atoms with Crippen LogP contribution in [-0.2, 0) is 23.0 Å². The molecule has 1 N–H and O–H groups in total. The summed E-state index contributed by atoms with van der Waals surface area (Å²) in [4.78, 5) is 0.396. The van der Waals surface area contributed by atoms with E-state index in [2.05, 4.69) is 11.4 Å². The number of hydrogen-bond donors (Lipinski definition) is 1. The van der Waals surface area contributed by atoms with Gasteiger partial charge in [-0.3, -0.25) is 0 Å². The number of furan rings is 1. The maximum absolute atomic E-state index is 12.6. The third kappa shape index (κ3) is 3.38. The van der Waals surface area contributed by atoms with E-state index in [0.717, 1.165) is 50.0 Å². The Kier molecular flexibility index (Phi) is 4.67. The molecule has 1 saturated heterocycles. The second-order valence-corrected chi connectivity index (χ2v) is 8.82. The van der Waals surface area contributed by atoms with E-state index in [1.807, 2.05) is 12.1 Å². The Morgan fingerprint density at radius 3 is 2.60 bits per heavy atom. The summed E-state index contributed by atoms with van der Waals surface area (Å²) in [5.41, 5.74) is 2.36. The molecule has 5 nitrogen and oxygen atoms in total. The normalized spacial score (nSPS) is 21.4. The van der Waals surface area contributed by atoms with E-state index in [1.54, 1.807) is 22.7 Å². The molecule has 2 aromatic rings. The number of fused-ring (bicyclic) bond motifs is 1. The van der Waals surface area contributed by atoms with Crippen molar-refractivity contribution in [3.05, 3.63) is 53.5 Å². The molecule has 0 spiro atoms. The fraction of sp³-hybridized carbons (Fsp3) is 0.474. The second kappa shape index (κ2) is 6.94. The monoisotopic (exact) mass is 360 g/mol. The van der Waals surface area contributed by atoms with Crippen LogP contribution in [0.25, 0.3) is 0 Å². The first kappa shape index (κ1) is 16.8. The number of hydrogen-bond acceptors (Lipinski definition) is 4. The van der Waals surface area contributed by atoms with Gasteiger partial charge in [0.15, 0.2) is 0 Å². The van der Waals surface area contributed by atoms with Crippen LogP contribution in [0, 0.1) is 0 Å². The zero-order valence-electron chi connectivity index (χ0n) is 14.3. The number of nitrogens with one attached hydrogen (secondary N) is 1. The van der Waals surface area contributed by atoms with Crippen molar-refractivity contribution in [2.75, 3.05) is 13.1 Å². The summed E-state index contributed by atoms with van der Waals surface area (Å²) in [5, 5.41) is 3.57. The molecule has 0 amide bonds. The molecule has 1 fully saturated rings. The smallest absolute Gasteiger partial charge is 0.243 e. The van der Waals surface area contributed by atoms with E-state index >= 15 is 0 Å². The molecule has 1 aromatic heterocycles. The number of nitrogens with zero attached hydrogens (tertiary/aromatic N) is 1. The molecule has 1 atom stereocenters. The van der Waals surface area contributed by atoms with Gasteiger partial charge in [0.25, 0.3) is 0 Å². The predicted molar refractivity (Wildman–Crippen MR) is 95.7 cm³/mol. The van der Waals surface area contributed by atoms with Gasteiger partial charge in [-0.15, -0.1) is 0 Å². The average Bonchev–Trinajstić information content (AvgIpc) is 3.32. The molecule has 2 aliphatic rings. The number of rotatable bonds is 5. The Balaban J connectivity index is 1.42.